The van der Waals surface area contributed by atoms with E-state index >= 15 is 0 Å². The predicted octanol–water partition coefficient (Wildman–Crippen LogP) is 1.58. The highest BCUT2D eigenvalue weighted by atomic mass is 16.5. The molecular weight excluding hydrogens is 292 g/mol. The molecule has 0 spiro atoms. The van der Waals surface area contributed by atoms with E-state index in [1.54, 1.807) is 14.2 Å². The van der Waals surface area contributed by atoms with Gasteiger partial charge in [-0.25, -0.2) is 0 Å². The molecule has 6 nitrogen and oxygen atoms in total. The molecule has 0 aliphatic carbocycles. The van der Waals surface area contributed by atoms with Crippen molar-refractivity contribution in [2.45, 2.75) is 39.8 Å². The summed E-state index contributed by atoms with van der Waals surface area (Å²) in [5.41, 5.74) is 1.93. The maximum absolute atomic E-state index is 11.8. The summed E-state index contributed by atoms with van der Waals surface area (Å²) in [5, 5.41) is 9.07. The number of guanidine groups is 1. The lowest BCUT2D eigenvalue weighted by atomic mass is 10.1. The van der Waals surface area contributed by atoms with Gasteiger partial charge in [-0.2, -0.15) is 0 Å². The van der Waals surface area contributed by atoms with Crippen molar-refractivity contribution < 1.29 is 9.53 Å². The van der Waals surface area contributed by atoms with Crippen LogP contribution in [0.1, 0.15) is 31.9 Å². The molecule has 0 radical (unpaired) electrons. The molecule has 0 atom stereocenters. The molecule has 1 aromatic carbocycles. The van der Waals surface area contributed by atoms with Gasteiger partial charge in [0.05, 0.1) is 13.7 Å². The molecule has 0 aliphatic rings. The fourth-order valence-corrected chi connectivity index (χ4v) is 2.02. The molecule has 6 heteroatoms. The van der Waals surface area contributed by atoms with Crippen LogP contribution in [0, 0.1) is 6.92 Å². The van der Waals surface area contributed by atoms with E-state index in [1.165, 1.54) is 0 Å². The van der Waals surface area contributed by atoms with E-state index in [-0.39, 0.29) is 18.0 Å². The summed E-state index contributed by atoms with van der Waals surface area (Å²) in [7, 11) is 3.32. The largest absolute Gasteiger partial charge is 0.496 e. The van der Waals surface area contributed by atoms with Crippen LogP contribution in [0.15, 0.2) is 23.2 Å². The zero-order chi connectivity index (χ0) is 17.5. The molecule has 0 unspecified atom stereocenters. The van der Waals surface area contributed by atoms with Gasteiger partial charge in [-0.1, -0.05) is 12.1 Å². The van der Waals surface area contributed by atoms with Gasteiger partial charge in [-0.05, 0) is 39.3 Å². The number of methoxy groups -OCH3 is 1. The SMILES string of the molecule is CN=C(NCC(=O)NC(C)(C)C)NCc1ccc(C)cc1OC. The maximum Gasteiger partial charge on any atom is 0.239 e. The highest BCUT2D eigenvalue weighted by Gasteiger charge is 2.13. The molecule has 1 amide bonds. The van der Waals surface area contributed by atoms with Crippen molar-refractivity contribution in [3.05, 3.63) is 29.3 Å². The number of aryl methyl sites for hydroxylation is 1. The summed E-state index contributed by atoms with van der Waals surface area (Å²) in [4.78, 5) is 15.9. The second-order valence-corrected chi connectivity index (χ2v) is 6.39. The number of ether oxygens (including phenoxy) is 1. The molecule has 128 valence electrons. The lowest BCUT2D eigenvalue weighted by Gasteiger charge is -2.21. The third-order valence-corrected chi connectivity index (χ3v) is 3.04. The lowest BCUT2D eigenvalue weighted by Crippen LogP contribution is -2.48. The Labute approximate surface area is 138 Å². The van der Waals surface area contributed by atoms with Gasteiger partial charge in [0.1, 0.15) is 5.75 Å². The normalized spacial score (nSPS) is 11.8. The molecule has 0 bridgehead atoms. The molecular formula is C17H28N4O2. The minimum absolute atomic E-state index is 0.0756. The van der Waals surface area contributed by atoms with E-state index in [2.05, 4.69) is 20.9 Å². The third-order valence-electron chi connectivity index (χ3n) is 3.04. The van der Waals surface area contributed by atoms with Gasteiger partial charge in [-0.3, -0.25) is 9.79 Å². The van der Waals surface area contributed by atoms with Crippen LogP contribution < -0.4 is 20.7 Å². The average molecular weight is 320 g/mol. The highest BCUT2D eigenvalue weighted by Crippen LogP contribution is 2.19. The molecule has 1 aromatic rings. The van der Waals surface area contributed by atoms with Crippen molar-refractivity contribution in [2.75, 3.05) is 20.7 Å². The summed E-state index contributed by atoms with van der Waals surface area (Å²) in [6, 6.07) is 6.04. The van der Waals surface area contributed by atoms with Crippen LogP contribution in [0.2, 0.25) is 0 Å². The van der Waals surface area contributed by atoms with E-state index in [9.17, 15) is 4.79 Å². The molecule has 1 rings (SSSR count). The number of hydrogen-bond acceptors (Lipinski definition) is 3. The fourth-order valence-electron chi connectivity index (χ4n) is 2.02. The van der Waals surface area contributed by atoms with Crippen LogP contribution in [0.25, 0.3) is 0 Å². The van der Waals surface area contributed by atoms with Gasteiger partial charge in [0.2, 0.25) is 5.91 Å². The number of nitrogens with one attached hydrogen (secondary N) is 3. The molecule has 0 aliphatic heterocycles. The first-order valence-electron chi connectivity index (χ1n) is 7.64. The van der Waals surface area contributed by atoms with Gasteiger partial charge in [-0.15, -0.1) is 0 Å². The first-order valence-corrected chi connectivity index (χ1v) is 7.64. The van der Waals surface area contributed by atoms with Crippen molar-refractivity contribution in [3.8, 4) is 5.75 Å². The summed E-state index contributed by atoms with van der Waals surface area (Å²) in [5.74, 6) is 1.32. The van der Waals surface area contributed by atoms with E-state index in [0.717, 1.165) is 16.9 Å². The summed E-state index contributed by atoms with van der Waals surface area (Å²) in [6.45, 7) is 8.59. The summed E-state index contributed by atoms with van der Waals surface area (Å²) in [6.07, 6.45) is 0. The fraction of sp³-hybridized carbons (Fsp3) is 0.529. The van der Waals surface area contributed by atoms with Gasteiger partial charge < -0.3 is 20.7 Å². The number of carbonyl (C=O) groups excluding carboxylic acids is 1. The molecule has 0 heterocycles. The highest BCUT2D eigenvalue weighted by molar-refractivity contribution is 5.86. The van der Waals surface area contributed by atoms with E-state index in [0.29, 0.717) is 12.5 Å². The quantitative estimate of drug-likeness (QED) is 0.569. The number of nitrogens with zero attached hydrogens (tertiary/aromatic N) is 1. The number of aliphatic imine (C=N–C) groups is 1. The Bertz CT molecular complexity index is 562. The van der Waals surface area contributed by atoms with Crippen molar-refractivity contribution in [1.82, 2.24) is 16.0 Å². The zero-order valence-corrected chi connectivity index (χ0v) is 14.9. The second kappa shape index (κ2) is 8.41. The Morgan fingerprint density at radius 1 is 1.26 bits per heavy atom. The standard InChI is InChI=1S/C17H28N4O2/c1-12-7-8-13(14(9-12)23-6)10-19-16(18-5)20-11-15(22)21-17(2,3)4/h7-9H,10-11H2,1-6H3,(H,21,22)(H2,18,19,20). The molecule has 0 saturated heterocycles. The van der Waals surface area contributed by atoms with E-state index in [1.807, 2.05) is 45.9 Å². The maximum atomic E-state index is 11.8. The van der Waals surface area contributed by atoms with Gasteiger partial charge in [0.25, 0.3) is 0 Å². The van der Waals surface area contributed by atoms with Crippen molar-refractivity contribution in [1.29, 1.82) is 0 Å². The van der Waals surface area contributed by atoms with Crippen molar-refractivity contribution >= 4 is 11.9 Å². The van der Waals surface area contributed by atoms with Crippen LogP contribution in [-0.2, 0) is 11.3 Å². The molecule has 0 saturated carbocycles. The smallest absolute Gasteiger partial charge is 0.239 e. The van der Waals surface area contributed by atoms with Crippen LogP contribution in [0.3, 0.4) is 0 Å². The minimum atomic E-state index is -0.245. The van der Waals surface area contributed by atoms with E-state index in [4.69, 9.17) is 4.74 Å². The topological polar surface area (TPSA) is 74.8 Å². The van der Waals surface area contributed by atoms with Crippen molar-refractivity contribution in [3.63, 3.8) is 0 Å². The average Bonchev–Trinajstić information content (AvgIpc) is 2.46. The molecule has 0 aromatic heterocycles. The van der Waals surface area contributed by atoms with E-state index < -0.39 is 0 Å². The first kappa shape index (κ1) is 18.8. The molecule has 0 fully saturated rings. The second-order valence-electron chi connectivity index (χ2n) is 6.39. The number of hydrogen-bond donors (Lipinski definition) is 3. The van der Waals surface area contributed by atoms with Crippen LogP contribution in [0.5, 0.6) is 5.75 Å². The van der Waals surface area contributed by atoms with Crippen LogP contribution in [0.4, 0.5) is 0 Å². The van der Waals surface area contributed by atoms with Gasteiger partial charge >= 0.3 is 0 Å². The van der Waals surface area contributed by atoms with Crippen molar-refractivity contribution in [2.24, 2.45) is 4.99 Å². The van der Waals surface area contributed by atoms with Gasteiger partial charge in [0, 0.05) is 24.7 Å². The number of carbonyl (C=O) groups is 1. The number of rotatable bonds is 5. The lowest BCUT2D eigenvalue weighted by molar-refractivity contribution is -0.121. The number of amides is 1. The Balaban J connectivity index is 2.54. The Morgan fingerprint density at radius 3 is 2.52 bits per heavy atom. The Kier molecular flexibility index (Phi) is 6.88. The Hall–Kier alpha value is -2.24. The molecule has 3 N–H and O–H groups in total. The monoisotopic (exact) mass is 320 g/mol. The Morgan fingerprint density at radius 2 is 1.96 bits per heavy atom. The number of benzene rings is 1. The van der Waals surface area contributed by atoms with Crippen LogP contribution in [-0.4, -0.2) is 38.1 Å². The molecule has 23 heavy (non-hydrogen) atoms. The summed E-state index contributed by atoms with van der Waals surface area (Å²) < 4.78 is 5.38. The van der Waals surface area contributed by atoms with Gasteiger partial charge in [0.15, 0.2) is 5.96 Å². The minimum Gasteiger partial charge on any atom is -0.496 e. The first-order chi connectivity index (χ1) is 10.7. The zero-order valence-electron chi connectivity index (χ0n) is 14.9. The summed E-state index contributed by atoms with van der Waals surface area (Å²) >= 11 is 0. The third kappa shape index (κ3) is 7.04. The predicted molar refractivity (Wildman–Crippen MR) is 93.8 cm³/mol. The van der Waals surface area contributed by atoms with Crippen LogP contribution >= 0.6 is 0 Å².